The van der Waals surface area contributed by atoms with E-state index < -0.39 is 27.4 Å². The molecule has 1 heterocycles. The Bertz CT molecular complexity index is 867. The molecule has 3 rings (SSSR count). The van der Waals surface area contributed by atoms with Crippen LogP contribution >= 0.6 is 7.92 Å². The van der Waals surface area contributed by atoms with Crippen LogP contribution in [-0.4, -0.2) is 46.3 Å². The Kier molecular flexibility index (Phi) is 7.51. The van der Waals surface area contributed by atoms with Gasteiger partial charge in [0.1, 0.15) is 24.2 Å². The predicted octanol–water partition coefficient (Wildman–Crippen LogP) is 4.12. The summed E-state index contributed by atoms with van der Waals surface area (Å²) in [5, 5.41) is 10.4. The second-order valence-electron chi connectivity index (χ2n) is 12.1. The van der Waals surface area contributed by atoms with Gasteiger partial charge in [-0.2, -0.15) is 0 Å². The first kappa shape index (κ1) is 26.8. The Labute approximate surface area is 190 Å². The van der Waals surface area contributed by atoms with Crippen LogP contribution in [0, 0.1) is 16.7 Å². The summed E-state index contributed by atoms with van der Waals surface area (Å²) in [6, 6.07) is 0. The van der Waals surface area contributed by atoms with Crippen LogP contribution in [0.25, 0.3) is 0 Å². The highest BCUT2D eigenvalue weighted by atomic mass is 32.2. The highest BCUT2D eigenvalue weighted by Gasteiger charge is 2.64. The lowest BCUT2D eigenvalue weighted by atomic mass is 9.70. The number of aromatic nitrogens is 2. The van der Waals surface area contributed by atoms with Crippen LogP contribution in [-0.2, 0) is 21.9 Å². The monoisotopic (exact) mass is 474 g/mol. The third-order valence-electron chi connectivity index (χ3n) is 7.81. The first-order valence-electron chi connectivity index (χ1n) is 11.2. The van der Waals surface area contributed by atoms with E-state index in [2.05, 4.69) is 76.1 Å². The van der Waals surface area contributed by atoms with Crippen molar-refractivity contribution in [2.45, 2.75) is 97.7 Å². The van der Waals surface area contributed by atoms with Crippen molar-refractivity contribution < 1.29 is 22.6 Å². The van der Waals surface area contributed by atoms with Crippen molar-refractivity contribution in [3.8, 4) is 0 Å². The molecule has 0 radical (unpaired) electrons. The third-order valence-corrected chi connectivity index (χ3v) is 11.7. The van der Waals surface area contributed by atoms with E-state index in [-0.39, 0.29) is 18.9 Å². The molecule has 2 bridgehead atoms. The maximum atomic E-state index is 10.9. The fourth-order valence-corrected chi connectivity index (χ4v) is 7.45. The first-order valence-corrected chi connectivity index (χ1v) is 14.8. The molecule has 1 N–H and O–H groups in total. The Hall–Kier alpha value is -0.490. The van der Waals surface area contributed by atoms with E-state index in [1.165, 1.54) is 0 Å². The van der Waals surface area contributed by atoms with Crippen LogP contribution in [0.1, 0.15) is 74.7 Å². The highest BCUT2D eigenvalue weighted by Crippen LogP contribution is 2.66. The molecular weight excluding hydrogens is 431 g/mol. The van der Waals surface area contributed by atoms with Gasteiger partial charge in [-0.25, -0.2) is 17.6 Å². The van der Waals surface area contributed by atoms with Crippen molar-refractivity contribution in [2.75, 3.05) is 12.4 Å². The van der Waals surface area contributed by atoms with E-state index in [1.807, 2.05) is 13.8 Å². The highest BCUT2D eigenvalue weighted by molar-refractivity contribution is 7.85. The van der Waals surface area contributed by atoms with Gasteiger partial charge in [-0.3, -0.25) is 0 Å². The molecule has 6 nitrogen and oxygen atoms in total. The molecular formula is C23H43N2O4PS. The van der Waals surface area contributed by atoms with Crippen LogP contribution in [0.3, 0.4) is 0 Å². The van der Waals surface area contributed by atoms with Crippen LogP contribution in [0.2, 0.25) is 0 Å². The zero-order valence-electron chi connectivity index (χ0n) is 20.8. The van der Waals surface area contributed by atoms with Crippen molar-refractivity contribution in [3.63, 3.8) is 0 Å². The quantitative estimate of drug-likeness (QED) is 0.404. The number of hydrogen-bond donors (Lipinski definition) is 1. The minimum absolute atomic E-state index is 0.0292. The topological polar surface area (TPSA) is 86.2 Å². The van der Waals surface area contributed by atoms with Gasteiger partial charge in [0.05, 0.1) is 16.2 Å². The zero-order valence-corrected chi connectivity index (χ0v) is 22.6. The Morgan fingerprint density at radius 1 is 1.23 bits per heavy atom. The number of fused-ring (bicyclic) bond motifs is 2. The van der Waals surface area contributed by atoms with Crippen molar-refractivity contribution >= 4 is 18.0 Å². The summed E-state index contributed by atoms with van der Waals surface area (Å²) < 4.78 is 37.4. The molecule has 0 spiro atoms. The summed E-state index contributed by atoms with van der Waals surface area (Å²) in [5.74, 6) is -0.0563. The lowest BCUT2D eigenvalue weighted by Crippen LogP contribution is -2.48. The second-order valence-corrected chi connectivity index (χ2v) is 16.5. The average Bonchev–Trinajstić information content (AvgIpc) is 3.16. The fourth-order valence-electron chi connectivity index (χ4n) is 5.03. The number of imidazole rings is 1. The van der Waals surface area contributed by atoms with Crippen molar-refractivity contribution in [3.05, 3.63) is 18.7 Å². The van der Waals surface area contributed by atoms with Gasteiger partial charge in [0.15, 0.2) is 0 Å². The number of hydrogen-bond acceptors (Lipinski definition) is 4. The predicted molar refractivity (Wildman–Crippen MR) is 126 cm³/mol. The second kappa shape index (κ2) is 8.70. The van der Waals surface area contributed by atoms with Gasteiger partial charge in [-0.05, 0) is 63.2 Å². The number of nitrogens with zero attached hydrogens (tertiary/aromatic N) is 2. The zero-order chi connectivity index (χ0) is 24.0. The summed E-state index contributed by atoms with van der Waals surface area (Å²) in [4.78, 5) is 0. The average molecular weight is 475 g/mol. The van der Waals surface area contributed by atoms with Crippen molar-refractivity contribution in [2.24, 2.45) is 16.7 Å². The Balaban J connectivity index is 0.000000220. The lowest BCUT2D eigenvalue weighted by molar-refractivity contribution is -0.753. The van der Waals surface area contributed by atoms with E-state index >= 15 is 0 Å². The third kappa shape index (κ3) is 5.90. The van der Waals surface area contributed by atoms with Crippen LogP contribution in [0.5, 0.6) is 0 Å². The molecule has 31 heavy (non-hydrogen) atoms. The molecule has 8 heteroatoms. The van der Waals surface area contributed by atoms with Crippen LogP contribution in [0.15, 0.2) is 18.7 Å². The van der Waals surface area contributed by atoms with E-state index in [4.69, 9.17) is 0 Å². The summed E-state index contributed by atoms with van der Waals surface area (Å²) in [5.41, 5.74) is -0.744. The number of aliphatic hydroxyl groups excluding tert-OH is 1. The lowest BCUT2D eigenvalue weighted by Gasteiger charge is -2.41. The standard InChI is InChI=1S/C13H26N2P.C10H18O4S/c1-12(2,3)15-9-8-14(10-15)11-16(7)13(4,5)6;1-9(2)7-3-4-10(9,8(11)5-7)6-15(12,13)14/h8-10H,11H2,1-7H3;7-8,11H,3-6H2,1-2H3,(H,12,13,14)/q+1;/p-1/t16-;/m1./s1. The molecule has 0 saturated heterocycles. The van der Waals surface area contributed by atoms with Gasteiger partial charge in [0.2, 0.25) is 6.33 Å². The van der Waals surface area contributed by atoms with Crippen molar-refractivity contribution in [1.82, 2.24) is 4.57 Å². The van der Waals surface area contributed by atoms with Gasteiger partial charge in [-0.1, -0.05) is 42.5 Å². The molecule has 1 aromatic heterocycles. The molecule has 2 aliphatic rings. The molecule has 2 fully saturated rings. The Morgan fingerprint density at radius 3 is 2.16 bits per heavy atom. The molecule has 0 aliphatic heterocycles. The molecule has 2 saturated carbocycles. The van der Waals surface area contributed by atoms with E-state index in [9.17, 15) is 18.1 Å². The van der Waals surface area contributed by atoms with E-state index in [1.54, 1.807) is 0 Å². The number of rotatable bonds is 4. The minimum atomic E-state index is -4.27. The smallest absolute Gasteiger partial charge is 0.244 e. The molecule has 2 aliphatic carbocycles. The van der Waals surface area contributed by atoms with Crippen LogP contribution in [0.4, 0.5) is 0 Å². The van der Waals surface area contributed by atoms with Gasteiger partial charge < -0.3 is 9.66 Å². The normalized spacial score (nSPS) is 28.9. The maximum absolute atomic E-state index is 10.9. The number of aliphatic hydroxyl groups is 1. The van der Waals surface area contributed by atoms with Crippen LogP contribution < -0.4 is 4.57 Å². The van der Waals surface area contributed by atoms with Gasteiger partial charge in [0, 0.05) is 11.2 Å². The summed E-state index contributed by atoms with van der Waals surface area (Å²) in [7, 11) is -4.24. The van der Waals surface area contributed by atoms with Gasteiger partial charge in [-0.15, -0.1) is 0 Å². The van der Waals surface area contributed by atoms with Gasteiger partial charge in [0.25, 0.3) is 0 Å². The molecule has 4 atom stereocenters. The Morgan fingerprint density at radius 2 is 1.81 bits per heavy atom. The summed E-state index contributed by atoms with van der Waals surface area (Å²) >= 11 is 0. The minimum Gasteiger partial charge on any atom is -0.748 e. The fraction of sp³-hybridized carbons (Fsp3) is 0.870. The van der Waals surface area contributed by atoms with E-state index in [0.29, 0.717) is 23.9 Å². The SMILES string of the molecule is CC1(C)C2CCC1(CS(=O)(=O)[O-])C(O)C2.C[P@](Cn1cc[n+](C(C)(C)C)c1)C(C)(C)C. The molecule has 0 amide bonds. The summed E-state index contributed by atoms with van der Waals surface area (Å²) in [6.45, 7) is 20.0. The van der Waals surface area contributed by atoms with Gasteiger partial charge >= 0.3 is 0 Å². The molecule has 180 valence electrons. The first-order chi connectivity index (χ1) is 13.8. The molecule has 3 unspecified atom stereocenters. The van der Waals surface area contributed by atoms with Crippen molar-refractivity contribution in [1.29, 1.82) is 0 Å². The largest absolute Gasteiger partial charge is 0.748 e. The molecule has 0 aromatic carbocycles. The summed E-state index contributed by atoms with van der Waals surface area (Å²) in [6.07, 6.45) is 9.35. The maximum Gasteiger partial charge on any atom is 0.244 e. The molecule has 1 aromatic rings. The van der Waals surface area contributed by atoms with E-state index in [0.717, 1.165) is 12.7 Å².